The molecule has 2 aliphatic rings. The molecule has 19 heavy (non-hydrogen) atoms. The van der Waals surface area contributed by atoms with Gasteiger partial charge >= 0.3 is 0 Å². The van der Waals surface area contributed by atoms with E-state index >= 15 is 0 Å². The lowest BCUT2D eigenvalue weighted by Gasteiger charge is -2.24. The van der Waals surface area contributed by atoms with Crippen molar-refractivity contribution >= 4 is 5.82 Å². The molecule has 1 aliphatic carbocycles. The van der Waals surface area contributed by atoms with Gasteiger partial charge in [0.05, 0.1) is 0 Å². The number of nitrogens with zero attached hydrogens (tertiary/aromatic N) is 3. The molecular formula is C15H24N4. The fourth-order valence-electron chi connectivity index (χ4n) is 3.24. The van der Waals surface area contributed by atoms with E-state index in [0.29, 0.717) is 6.04 Å². The molecule has 2 heterocycles. The Morgan fingerprint density at radius 3 is 3.11 bits per heavy atom. The summed E-state index contributed by atoms with van der Waals surface area (Å²) in [7, 11) is 0. The van der Waals surface area contributed by atoms with Crippen LogP contribution in [0, 0.1) is 0 Å². The first kappa shape index (κ1) is 12.9. The molecule has 1 atom stereocenters. The SMILES string of the molecule is CCCNC1CCN(c2ncnc3c2CCCC3)C1. The lowest BCUT2D eigenvalue weighted by Crippen LogP contribution is -2.33. The molecule has 1 unspecified atom stereocenters. The topological polar surface area (TPSA) is 41.0 Å². The highest BCUT2D eigenvalue weighted by Gasteiger charge is 2.26. The Morgan fingerprint density at radius 1 is 1.32 bits per heavy atom. The molecule has 1 aromatic rings. The standard InChI is InChI=1S/C15H24N4/c1-2-8-16-12-7-9-19(10-12)15-13-5-3-4-6-14(13)17-11-18-15/h11-12,16H,2-10H2,1H3. The predicted molar refractivity (Wildman–Crippen MR) is 77.6 cm³/mol. The number of hydrogen-bond donors (Lipinski definition) is 1. The van der Waals surface area contributed by atoms with Gasteiger partial charge in [-0.15, -0.1) is 0 Å². The first-order valence-corrected chi connectivity index (χ1v) is 7.69. The Kier molecular flexibility index (Phi) is 3.97. The monoisotopic (exact) mass is 260 g/mol. The van der Waals surface area contributed by atoms with E-state index in [2.05, 4.69) is 27.1 Å². The molecule has 1 saturated heterocycles. The van der Waals surface area contributed by atoms with Crippen LogP contribution in [0.3, 0.4) is 0 Å². The van der Waals surface area contributed by atoms with Crippen molar-refractivity contribution in [3.8, 4) is 0 Å². The van der Waals surface area contributed by atoms with Crippen molar-refractivity contribution in [2.75, 3.05) is 24.5 Å². The third-order valence-corrected chi connectivity index (χ3v) is 4.27. The van der Waals surface area contributed by atoms with E-state index < -0.39 is 0 Å². The van der Waals surface area contributed by atoms with E-state index in [1.54, 1.807) is 6.33 Å². The quantitative estimate of drug-likeness (QED) is 0.898. The van der Waals surface area contributed by atoms with Crippen molar-refractivity contribution < 1.29 is 0 Å². The smallest absolute Gasteiger partial charge is 0.135 e. The summed E-state index contributed by atoms with van der Waals surface area (Å²) >= 11 is 0. The van der Waals surface area contributed by atoms with Crippen molar-refractivity contribution in [1.82, 2.24) is 15.3 Å². The molecule has 1 fully saturated rings. The summed E-state index contributed by atoms with van der Waals surface area (Å²) in [6.45, 7) is 5.58. The number of rotatable bonds is 4. The van der Waals surface area contributed by atoms with Crippen LogP contribution in [0.1, 0.15) is 43.9 Å². The summed E-state index contributed by atoms with van der Waals surface area (Å²) in [5.74, 6) is 1.21. The molecule has 0 amide bonds. The van der Waals surface area contributed by atoms with Gasteiger partial charge in [-0.2, -0.15) is 0 Å². The molecule has 0 bridgehead atoms. The highest BCUT2D eigenvalue weighted by Crippen LogP contribution is 2.29. The Labute approximate surface area is 115 Å². The van der Waals surface area contributed by atoms with Crippen LogP contribution in [-0.2, 0) is 12.8 Å². The normalized spacial score (nSPS) is 22.6. The number of aromatic nitrogens is 2. The van der Waals surface area contributed by atoms with Gasteiger partial charge in [0.25, 0.3) is 0 Å². The van der Waals surface area contributed by atoms with Crippen molar-refractivity contribution in [1.29, 1.82) is 0 Å². The second kappa shape index (κ2) is 5.87. The lowest BCUT2D eigenvalue weighted by atomic mass is 9.96. The minimum absolute atomic E-state index is 0.633. The molecule has 0 radical (unpaired) electrons. The summed E-state index contributed by atoms with van der Waals surface area (Å²) in [6, 6.07) is 0.633. The molecule has 3 rings (SSSR count). The van der Waals surface area contributed by atoms with Gasteiger partial charge in [0.2, 0.25) is 0 Å². The van der Waals surface area contributed by atoms with Gasteiger partial charge in [-0.3, -0.25) is 0 Å². The highest BCUT2D eigenvalue weighted by molar-refractivity contribution is 5.50. The van der Waals surface area contributed by atoms with E-state index in [4.69, 9.17) is 0 Å². The summed E-state index contributed by atoms with van der Waals surface area (Å²) in [5.41, 5.74) is 2.71. The van der Waals surface area contributed by atoms with Gasteiger partial charge in [0, 0.05) is 30.4 Å². The number of hydrogen-bond acceptors (Lipinski definition) is 4. The lowest BCUT2D eigenvalue weighted by molar-refractivity contribution is 0.548. The fraction of sp³-hybridized carbons (Fsp3) is 0.733. The maximum absolute atomic E-state index is 4.58. The third-order valence-electron chi connectivity index (χ3n) is 4.27. The molecule has 0 aromatic carbocycles. The van der Waals surface area contributed by atoms with Gasteiger partial charge in [-0.1, -0.05) is 6.92 Å². The molecule has 4 nitrogen and oxygen atoms in total. The molecule has 1 aliphatic heterocycles. The van der Waals surface area contributed by atoms with Crippen LogP contribution in [0.15, 0.2) is 6.33 Å². The highest BCUT2D eigenvalue weighted by atomic mass is 15.2. The average molecular weight is 260 g/mol. The maximum Gasteiger partial charge on any atom is 0.135 e. The Hall–Kier alpha value is -1.16. The third kappa shape index (κ3) is 2.73. The van der Waals surface area contributed by atoms with E-state index in [1.807, 2.05) is 0 Å². The minimum atomic E-state index is 0.633. The van der Waals surface area contributed by atoms with Crippen LogP contribution in [0.2, 0.25) is 0 Å². The molecule has 0 spiro atoms. The first-order valence-electron chi connectivity index (χ1n) is 7.69. The average Bonchev–Trinajstić information content (AvgIpc) is 2.93. The number of nitrogens with one attached hydrogen (secondary N) is 1. The minimum Gasteiger partial charge on any atom is -0.355 e. The van der Waals surface area contributed by atoms with E-state index in [-0.39, 0.29) is 0 Å². The van der Waals surface area contributed by atoms with Crippen molar-refractivity contribution in [3.63, 3.8) is 0 Å². The summed E-state index contributed by atoms with van der Waals surface area (Å²) in [6.07, 6.45) is 9.07. The Balaban J connectivity index is 1.73. The molecule has 104 valence electrons. The van der Waals surface area contributed by atoms with Crippen LogP contribution in [-0.4, -0.2) is 35.6 Å². The van der Waals surface area contributed by atoms with Crippen LogP contribution in [0.25, 0.3) is 0 Å². The molecule has 1 aromatic heterocycles. The van der Waals surface area contributed by atoms with Crippen LogP contribution in [0.4, 0.5) is 5.82 Å². The van der Waals surface area contributed by atoms with Crippen molar-refractivity contribution in [2.45, 2.75) is 51.5 Å². The number of aryl methyl sites for hydroxylation is 1. The molecular weight excluding hydrogens is 236 g/mol. The van der Waals surface area contributed by atoms with Gasteiger partial charge in [0.1, 0.15) is 12.1 Å². The summed E-state index contributed by atoms with van der Waals surface area (Å²) in [4.78, 5) is 11.5. The number of fused-ring (bicyclic) bond motifs is 1. The van der Waals surface area contributed by atoms with Gasteiger partial charge in [-0.25, -0.2) is 9.97 Å². The van der Waals surface area contributed by atoms with Gasteiger partial charge in [-0.05, 0) is 45.1 Å². The van der Waals surface area contributed by atoms with E-state index in [1.165, 1.54) is 42.8 Å². The second-order valence-corrected chi connectivity index (χ2v) is 5.72. The number of anilines is 1. The second-order valence-electron chi connectivity index (χ2n) is 5.72. The maximum atomic E-state index is 4.58. The van der Waals surface area contributed by atoms with Crippen LogP contribution in [0.5, 0.6) is 0 Å². The Bertz CT molecular complexity index is 432. The predicted octanol–water partition coefficient (Wildman–Crippen LogP) is 1.93. The fourth-order valence-corrected chi connectivity index (χ4v) is 3.24. The zero-order valence-corrected chi connectivity index (χ0v) is 11.9. The Morgan fingerprint density at radius 2 is 2.21 bits per heavy atom. The van der Waals surface area contributed by atoms with Crippen LogP contribution < -0.4 is 10.2 Å². The zero-order chi connectivity index (χ0) is 13.1. The molecule has 1 N–H and O–H groups in total. The molecule has 4 heteroatoms. The van der Waals surface area contributed by atoms with Crippen LogP contribution >= 0.6 is 0 Å². The zero-order valence-electron chi connectivity index (χ0n) is 11.9. The van der Waals surface area contributed by atoms with Gasteiger partial charge in [0.15, 0.2) is 0 Å². The van der Waals surface area contributed by atoms with Crippen molar-refractivity contribution in [3.05, 3.63) is 17.6 Å². The summed E-state index contributed by atoms with van der Waals surface area (Å²) in [5, 5.41) is 3.63. The first-order chi connectivity index (χ1) is 9.38. The summed E-state index contributed by atoms with van der Waals surface area (Å²) < 4.78 is 0. The van der Waals surface area contributed by atoms with E-state index in [9.17, 15) is 0 Å². The largest absolute Gasteiger partial charge is 0.355 e. The van der Waals surface area contributed by atoms with E-state index in [0.717, 1.165) is 32.5 Å². The van der Waals surface area contributed by atoms with Gasteiger partial charge < -0.3 is 10.2 Å². The molecule has 0 saturated carbocycles. The van der Waals surface area contributed by atoms with Crippen molar-refractivity contribution in [2.24, 2.45) is 0 Å².